The molecule has 4 aliphatic rings. The molecule has 1 spiro atoms. The Morgan fingerprint density at radius 1 is 1.15 bits per heavy atom. The SMILES string of the molecule is COc1cc([N+](=O)[O-])ccc1N1C(=O)[C@@H]2[C@H]3CCCN3[C@@]3(C(=O)Nc4ccccc43)[C@@H]2C1=O. The highest BCUT2D eigenvalue weighted by Gasteiger charge is 2.74. The summed E-state index contributed by atoms with van der Waals surface area (Å²) in [6, 6.07) is 10.9. The lowest BCUT2D eigenvalue weighted by atomic mass is 9.75. The molecular formula is C23H20N4O6. The number of ether oxygens (including phenoxy) is 1. The highest BCUT2D eigenvalue weighted by atomic mass is 16.6. The zero-order valence-electron chi connectivity index (χ0n) is 17.7. The zero-order chi connectivity index (χ0) is 23.1. The molecule has 33 heavy (non-hydrogen) atoms. The van der Waals surface area contributed by atoms with Crippen molar-refractivity contribution < 1.29 is 24.0 Å². The van der Waals surface area contributed by atoms with E-state index in [1.54, 1.807) is 6.07 Å². The van der Waals surface area contributed by atoms with Crippen molar-refractivity contribution in [2.45, 2.75) is 24.4 Å². The molecule has 0 saturated carbocycles. The molecule has 6 rings (SSSR count). The number of fused-ring (bicyclic) bond motifs is 7. The fraction of sp³-hybridized carbons (Fsp3) is 0.348. The second-order valence-corrected chi connectivity index (χ2v) is 8.80. The van der Waals surface area contributed by atoms with Gasteiger partial charge in [0, 0.05) is 23.4 Å². The maximum absolute atomic E-state index is 13.9. The van der Waals surface area contributed by atoms with Crippen molar-refractivity contribution in [2.24, 2.45) is 11.8 Å². The number of amides is 3. The molecule has 2 aromatic carbocycles. The van der Waals surface area contributed by atoms with Crippen LogP contribution in [0.3, 0.4) is 0 Å². The number of para-hydroxylation sites is 1. The molecule has 4 atom stereocenters. The number of non-ortho nitro benzene ring substituents is 1. The van der Waals surface area contributed by atoms with Gasteiger partial charge in [-0.1, -0.05) is 18.2 Å². The Balaban J connectivity index is 1.53. The first-order valence-electron chi connectivity index (χ1n) is 10.8. The number of nitrogens with one attached hydrogen (secondary N) is 1. The maximum atomic E-state index is 13.9. The van der Waals surface area contributed by atoms with E-state index in [1.165, 1.54) is 25.3 Å². The van der Waals surface area contributed by atoms with Gasteiger partial charge in [0.25, 0.3) is 5.69 Å². The lowest BCUT2D eigenvalue weighted by Gasteiger charge is -2.36. The number of methoxy groups -OCH3 is 1. The molecule has 2 aromatic rings. The summed E-state index contributed by atoms with van der Waals surface area (Å²) in [6.45, 7) is 0.626. The van der Waals surface area contributed by atoms with E-state index in [4.69, 9.17) is 4.74 Å². The van der Waals surface area contributed by atoms with Gasteiger partial charge in [0.1, 0.15) is 11.3 Å². The fourth-order valence-corrected chi connectivity index (χ4v) is 6.36. The van der Waals surface area contributed by atoms with Gasteiger partial charge in [-0.3, -0.25) is 29.4 Å². The molecule has 4 aliphatic heterocycles. The predicted octanol–water partition coefficient (Wildman–Crippen LogP) is 2.03. The van der Waals surface area contributed by atoms with E-state index in [1.807, 2.05) is 23.1 Å². The van der Waals surface area contributed by atoms with Gasteiger partial charge in [-0.25, -0.2) is 4.90 Å². The van der Waals surface area contributed by atoms with Gasteiger partial charge >= 0.3 is 0 Å². The zero-order valence-corrected chi connectivity index (χ0v) is 17.7. The second-order valence-electron chi connectivity index (χ2n) is 8.80. The Morgan fingerprint density at radius 3 is 2.70 bits per heavy atom. The van der Waals surface area contributed by atoms with Crippen LogP contribution >= 0.6 is 0 Å². The molecule has 3 saturated heterocycles. The molecular weight excluding hydrogens is 428 g/mol. The minimum atomic E-state index is -1.25. The Morgan fingerprint density at radius 2 is 1.94 bits per heavy atom. The number of carbonyl (C=O) groups excluding carboxylic acids is 3. The monoisotopic (exact) mass is 448 g/mol. The van der Waals surface area contributed by atoms with Crippen LogP contribution in [-0.2, 0) is 19.9 Å². The smallest absolute Gasteiger partial charge is 0.273 e. The fourth-order valence-electron chi connectivity index (χ4n) is 6.36. The second kappa shape index (κ2) is 6.61. The molecule has 0 radical (unpaired) electrons. The van der Waals surface area contributed by atoms with Crippen molar-refractivity contribution in [2.75, 3.05) is 23.9 Å². The molecule has 168 valence electrons. The molecule has 0 bridgehead atoms. The third-order valence-electron chi connectivity index (χ3n) is 7.52. The quantitative estimate of drug-likeness (QED) is 0.433. The van der Waals surface area contributed by atoms with Crippen LogP contribution in [0.15, 0.2) is 42.5 Å². The Hall–Kier alpha value is -3.79. The van der Waals surface area contributed by atoms with Gasteiger partial charge in [0.05, 0.1) is 35.6 Å². The molecule has 3 fully saturated rings. The largest absolute Gasteiger partial charge is 0.494 e. The third kappa shape index (κ3) is 2.28. The summed E-state index contributed by atoms with van der Waals surface area (Å²) in [7, 11) is 1.33. The maximum Gasteiger partial charge on any atom is 0.273 e. The van der Waals surface area contributed by atoms with Crippen molar-refractivity contribution in [1.29, 1.82) is 0 Å². The summed E-state index contributed by atoms with van der Waals surface area (Å²) in [5.74, 6) is -2.70. The van der Waals surface area contributed by atoms with E-state index >= 15 is 0 Å². The average Bonchev–Trinajstić information content (AvgIpc) is 3.51. The lowest BCUT2D eigenvalue weighted by molar-refractivity contribution is -0.384. The van der Waals surface area contributed by atoms with E-state index in [2.05, 4.69) is 5.32 Å². The van der Waals surface area contributed by atoms with E-state index in [0.717, 1.165) is 11.3 Å². The molecule has 0 aliphatic carbocycles. The van der Waals surface area contributed by atoms with E-state index in [0.29, 0.717) is 24.2 Å². The first-order valence-corrected chi connectivity index (χ1v) is 10.8. The van der Waals surface area contributed by atoms with E-state index in [9.17, 15) is 24.5 Å². The normalized spacial score (nSPS) is 29.9. The van der Waals surface area contributed by atoms with Crippen molar-refractivity contribution in [3.8, 4) is 5.75 Å². The molecule has 10 heteroatoms. The molecule has 3 amide bonds. The van der Waals surface area contributed by atoms with Gasteiger partial charge < -0.3 is 10.1 Å². The van der Waals surface area contributed by atoms with E-state index < -0.39 is 34.1 Å². The molecule has 1 N–H and O–H groups in total. The van der Waals surface area contributed by atoms with Gasteiger partial charge in [-0.15, -0.1) is 0 Å². The summed E-state index contributed by atoms with van der Waals surface area (Å²) >= 11 is 0. The Kier molecular flexibility index (Phi) is 3.98. The van der Waals surface area contributed by atoms with Crippen LogP contribution in [0.25, 0.3) is 0 Å². The average molecular weight is 448 g/mol. The standard InChI is InChI=1S/C23H20N4O6/c1-33-17-11-12(27(31)32)8-9-15(17)26-20(28)18-16-7-4-10-25(16)23(19(18)21(26)29)13-5-2-3-6-14(13)24-22(23)30/h2-3,5-6,8-9,11,16,18-19H,4,7,10H2,1H3,(H,24,30)/t16-,18-,19+,23-/m1/s1. The number of imide groups is 1. The number of nitrogens with zero attached hydrogens (tertiary/aromatic N) is 3. The van der Waals surface area contributed by atoms with Crippen LogP contribution in [0, 0.1) is 22.0 Å². The first-order chi connectivity index (χ1) is 15.9. The predicted molar refractivity (Wildman–Crippen MR) is 116 cm³/mol. The van der Waals surface area contributed by atoms with Crippen LogP contribution in [0.1, 0.15) is 18.4 Å². The number of nitro benzene ring substituents is 1. The molecule has 10 nitrogen and oxygen atoms in total. The number of rotatable bonds is 3. The van der Waals surface area contributed by atoms with Crippen LogP contribution in [0.5, 0.6) is 5.75 Å². The minimum Gasteiger partial charge on any atom is -0.494 e. The molecule has 0 aromatic heterocycles. The molecule has 0 unspecified atom stereocenters. The van der Waals surface area contributed by atoms with Crippen LogP contribution in [0.2, 0.25) is 0 Å². The molecule has 4 heterocycles. The van der Waals surface area contributed by atoms with Gasteiger partial charge in [-0.05, 0) is 31.5 Å². The van der Waals surface area contributed by atoms with E-state index in [-0.39, 0.29) is 29.1 Å². The van der Waals surface area contributed by atoms with Gasteiger partial charge in [0.15, 0.2) is 0 Å². The number of hydrogen-bond acceptors (Lipinski definition) is 7. The van der Waals surface area contributed by atoms with Crippen molar-refractivity contribution in [3.63, 3.8) is 0 Å². The Labute approximate surface area is 188 Å². The summed E-state index contributed by atoms with van der Waals surface area (Å²) in [5, 5.41) is 14.1. The topological polar surface area (TPSA) is 122 Å². The lowest BCUT2D eigenvalue weighted by Crippen LogP contribution is -2.54. The Bertz CT molecular complexity index is 1260. The summed E-state index contributed by atoms with van der Waals surface area (Å²) < 4.78 is 5.31. The number of anilines is 2. The summed E-state index contributed by atoms with van der Waals surface area (Å²) in [4.78, 5) is 55.0. The number of benzene rings is 2. The number of nitro groups is 1. The van der Waals surface area contributed by atoms with Crippen molar-refractivity contribution >= 4 is 34.8 Å². The van der Waals surface area contributed by atoms with Crippen molar-refractivity contribution in [1.82, 2.24) is 4.90 Å². The van der Waals surface area contributed by atoms with Gasteiger partial charge in [-0.2, -0.15) is 0 Å². The first kappa shape index (κ1) is 19.9. The van der Waals surface area contributed by atoms with Crippen molar-refractivity contribution in [3.05, 3.63) is 58.1 Å². The van der Waals surface area contributed by atoms with Crippen LogP contribution in [-0.4, -0.2) is 47.2 Å². The number of hydrogen-bond donors (Lipinski definition) is 1. The summed E-state index contributed by atoms with van der Waals surface area (Å²) in [6.07, 6.45) is 1.54. The highest BCUT2D eigenvalue weighted by molar-refractivity contribution is 6.26. The van der Waals surface area contributed by atoms with Crippen LogP contribution in [0.4, 0.5) is 17.1 Å². The van der Waals surface area contributed by atoms with Crippen LogP contribution < -0.4 is 15.0 Å². The highest BCUT2D eigenvalue weighted by Crippen LogP contribution is 2.61. The number of carbonyl (C=O) groups is 3. The minimum absolute atomic E-state index is 0.0551. The third-order valence-corrected chi connectivity index (χ3v) is 7.52. The summed E-state index contributed by atoms with van der Waals surface area (Å²) in [5.41, 5.74) is 0.0579. The van der Waals surface area contributed by atoms with Gasteiger partial charge in [0.2, 0.25) is 17.7 Å².